The summed E-state index contributed by atoms with van der Waals surface area (Å²) >= 11 is 1.62. The number of carbonyl (C=O) groups is 1. The fraction of sp³-hybridized carbons (Fsp3) is 0.450. The van der Waals surface area contributed by atoms with Crippen molar-refractivity contribution in [2.24, 2.45) is 5.92 Å². The van der Waals surface area contributed by atoms with Crippen molar-refractivity contribution in [3.63, 3.8) is 0 Å². The summed E-state index contributed by atoms with van der Waals surface area (Å²) in [7, 11) is -3.51. The highest BCUT2D eigenvalue weighted by Crippen LogP contribution is 2.26. The van der Waals surface area contributed by atoms with E-state index < -0.39 is 10.0 Å². The van der Waals surface area contributed by atoms with Gasteiger partial charge in [0.2, 0.25) is 15.9 Å². The van der Waals surface area contributed by atoms with Crippen LogP contribution in [0.2, 0.25) is 0 Å². The van der Waals surface area contributed by atoms with Crippen LogP contribution in [0.25, 0.3) is 0 Å². The second-order valence-electron chi connectivity index (χ2n) is 7.17. The van der Waals surface area contributed by atoms with Crippen molar-refractivity contribution in [1.29, 1.82) is 0 Å². The fourth-order valence-electron chi connectivity index (χ4n) is 3.32. The minimum atomic E-state index is -3.51. The van der Waals surface area contributed by atoms with Crippen LogP contribution in [-0.4, -0.2) is 31.7 Å². The van der Waals surface area contributed by atoms with Crippen LogP contribution in [0.4, 0.5) is 0 Å². The molecule has 0 unspecified atom stereocenters. The van der Waals surface area contributed by atoms with Crippen LogP contribution in [0.3, 0.4) is 0 Å². The number of piperidine rings is 1. The Labute approximate surface area is 165 Å². The molecular formula is C20H26N2O3S2. The van der Waals surface area contributed by atoms with Gasteiger partial charge in [0.15, 0.2) is 0 Å². The van der Waals surface area contributed by atoms with Crippen LogP contribution in [0.1, 0.15) is 41.8 Å². The number of hydrogen-bond acceptors (Lipinski definition) is 4. The van der Waals surface area contributed by atoms with Crippen molar-refractivity contribution in [1.82, 2.24) is 9.62 Å². The zero-order valence-corrected chi connectivity index (χ0v) is 17.6. The van der Waals surface area contributed by atoms with Crippen molar-refractivity contribution in [3.8, 4) is 0 Å². The molecule has 2 aromatic rings. The van der Waals surface area contributed by atoms with E-state index in [0.29, 0.717) is 30.8 Å². The van der Waals surface area contributed by atoms with Crippen LogP contribution < -0.4 is 5.32 Å². The minimum Gasteiger partial charge on any atom is -0.349 e. The van der Waals surface area contributed by atoms with E-state index in [2.05, 4.69) is 5.32 Å². The summed E-state index contributed by atoms with van der Waals surface area (Å²) in [6.45, 7) is 6.61. The number of thiophene rings is 1. The lowest BCUT2D eigenvalue weighted by Gasteiger charge is -2.31. The molecule has 1 N–H and O–H groups in total. The molecule has 1 aromatic carbocycles. The van der Waals surface area contributed by atoms with Gasteiger partial charge in [-0.2, -0.15) is 4.31 Å². The number of nitrogens with zero attached hydrogens (tertiary/aromatic N) is 1. The second kappa shape index (κ2) is 8.12. The normalized spacial score (nSPS) is 17.6. The number of aryl methyl sites for hydroxylation is 2. The molecule has 146 valence electrons. The van der Waals surface area contributed by atoms with E-state index in [1.54, 1.807) is 23.5 Å². The fourth-order valence-corrected chi connectivity index (χ4v) is 5.61. The highest BCUT2D eigenvalue weighted by Gasteiger charge is 2.32. The van der Waals surface area contributed by atoms with Crippen LogP contribution in [0.15, 0.2) is 40.6 Å². The summed E-state index contributed by atoms with van der Waals surface area (Å²) in [4.78, 5) is 14.0. The third kappa shape index (κ3) is 4.42. The summed E-state index contributed by atoms with van der Waals surface area (Å²) in [6.07, 6.45) is 1.10. The third-order valence-electron chi connectivity index (χ3n) is 5.27. The lowest BCUT2D eigenvalue weighted by atomic mass is 9.97. The Morgan fingerprint density at radius 2 is 1.89 bits per heavy atom. The van der Waals surface area contributed by atoms with E-state index >= 15 is 0 Å². The summed E-state index contributed by atoms with van der Waals surface area (Å²) in [5, 5.41) is 5.05. The molecule has 1 saturated heterocycles. The number of nitrogens with one attached hydrogen (secondary N) is 1. The van der Waals surface area contributed by atoms with Crippen molar-refractivity contribution in [2.45, 2.75) is 44.6 Å². The molecule has 5 nitrogen and oxygen atoms in total. The zero-order chi connectivity index (χ0) is 19.6. The monoisotopic (exact) mass is 406 g/mol. The minimum absolute atomic E-state index is 0.0131. The first-order chi connectivity index (χ1) is 12.8. The van der Waals surface area contributed by atoms with Gasteiger partial charge in [0.05, 0.1) is 10.9 Å². The van der Waals surface area contributed by atoms with Gasteiger partial charge in [0.25, 0.3) is 0 Å². The zero-order valence-electron chi connectivity index (χ0n) is 15.9. The molecule has 1 aliphatic rings. The SMILES string of the molecule is Cc1ccc(S(=O)(=O)N2CCC(C(=O)N[C@H](C)c3cccs3)CC2)cc1C. The second-order valence-corrected chi connectivity index (χ2v) is 10.1. The van der Waals surface area contributed by atoms with Crippen LogP contribution in [-0.2, 0) is 14.8 Å². The molecule has 1 amide bonds. The summed E-state index contributed by atoms with van der Waals surface area (Å²) in [6, 6.07) is 9.20. The van der Waals surface area contributed by atoms with E-state index in [4.69, 9.17) is 0 Å². The smallest absolute Gasteiger partial charge is 0.243 e. The maximum atomic E-state index is 12.9. The Balaban J connectivity index is 1.60. The molecular weight excluding hydrogens is 380 g/mol. The molecule has 0 radical (unpaired) electrons. The molecule has 0 saturated carbocycles. The van der Waals surface area contributed by atoms with Gasteiger partial charge < -0.3 is 5.32 Å². The molecule has 27 heavy (non-hydrogen) atoms. The Hall–Kier alpha value is -1.70. The van der Waals surface area contributed by atoms with Crippen molar-refractivity contribution in [3.05, 3.63) is 51.7 Å². The summed E-state index contributed by atoms with van der Waals surface area (Å²) in [5.74, 6) is -0.127. The summed E-state index contributed by atoms with van der Waals surface area (Å²) < 4.78 is 27.3. The number of rotatable bonds is 5. The van der Waals surface area contributed by atoms with Gasteiger partial charge in [-0.15, -0.1) is 11.3 Å². The van der Waals surface area contributed by atoms with Crippen LogP contribution in [0.5, 0.6) is 0 Å². The Morgan fingerprint density at radius 3 is 2.48 bits per heavy atom. The molecule has 7 heteroatoms. The van der Waals surface area contributed by atoms with E-state index in [1.165, 1.54) is 4.31 Å². The van der Waals surface area contributed by atoms with Gasteiger partial charge in [0.1, 0.15) is 0 Å². The number of amides is 1. The molecule has 1 aliphatic heterocycles. The molecule has 0 aliphatic carbocycles. The van der Waals surface area contributed by atoms with Gasteiger partial charge in [-0.25, -0.2) is 8.42 Å². The maximum Gasteiger partial charge on any atom is 0.243 e. The Morgan fingerprint density at radius 1 is 1.19 bits per heavy atom. The third-order valence-corrected chi connectivity index (χ3v) is 8.22. The topological polar surface area (TPSA) is 66.5 Å². The van der Waals surface area contributed by atoms with Crippen molar-refractivity contribution < 1.29 is 13.2 Å². The van der Waals surface area contributed by atoms with Gasteiger partial charge in [0, 0.05) is 23.9 Å². The first-order valence-electron chi connectivity index (χ1n) is 9.20. The predicted octanol–water partition coefficient (Wildman–Crippen LogP) is 3.64. The number of benzene rings is 1. The molecule has 1 atom stereocenters. The number of carbonyl (C=O) groups excluding carboxylic acids is 1. The van der Waals surface area contributed by atoms with Crippen LogP contribution >= 0.6 is 11.3 Å². The van der Waals surface area contributed by atoms with Crippen LogP contribution in [0, 0.1) is 19.8 Å². The standard InChI is InChI=1S/C20H26N2O3S2/c1-14-6-7-18(13-15(14)2)27(24,25)22-10-8-17(9-11-22)20(23)21-16(3)19-5-4-12-26-19/h4-7,12-13,16-17H,8-11H2,1-3H3,(H,21,23)/t16-/m1/s1. The lowest BCUT2D eigenvalue weighted by Crippen LogP contribution is -2.43. The average molecular weight is 407 g/mol. The average Bonchev–Trinajstić information content (AvgIpc) is 3.19. The largest absolute Gasteiger partial charge is 0.349 e. The first kappa shape index (κ1) is 20.0. The molecule has 2 heterocycles. The molecule has 0 bridgehead atoms. The quantitative estimate of drug-likeness (QED) is 0.824. The Bertz CT molecular complexity index is 899. The Kier molecular flexibility index (Phi) is 6.03. The highest BCUT2D eigenvalue weighted by molar-refractivity contribution is 7.89. The van der Waals surface area contributed by atoms with E-state index in [9.17, 15) is 13.2 Å². The lowest BCUT2D eigenvalue weighted by molar-refractivity contribution is -0.126. The number of sulfonamides is 1. The molecule has 1 fully saturated rings. The van der Waals surface area contributed by atoms with E-state index in [1.807, 2.05) is 44.4 Å². The van der Waals surface area contributed by atoms with Crippen molar-refractivity contribution in [2.75, 3.05) is 13.1 Å². The maximum absolute atomic E-state index is 12.9. The van der Waals surface area contributed by atoms with Gasteiger partial charge in [-0.1, -0.05) is 12.1 Å². The number of hydrogen-bond donors (Lipinski definition) is 1. The predicted molar refractivity (Wildman–Crippen MR) is 108 cm³/mol. The van der Waals surface area contributed by atoms with Gasteiger partial charge in [-0.3, -0.25) is 4.79 Å². The molecule has 3 rings (SSSR count). The van der Waals surface area contributed by atoms with E-state index in [-0.39, 0.29) is 17.9 Å². The molecule has 1 aromatic heterocycles. The van der Waals surface area contributed by atoms with Gasteiger partial charge >= 0.3 is 0 Å². The van der Waals surface area contributed by atoms with Gasteiger partial charge in [-0.05, 0) is 68.3 Å². The summed E-state index contributed by atoms with van der Waals surface area (Å²) in [5.41, 5.74) is 2.04. The van der Waals surface area contributed by atoms with E-state index in [0.717, 1.165) is 16.0 Å². The first-order valence-corrected chi connectivity index (χ1v) is 11.5. The highest BCUT2D eigenvalue weighted by atomic mass is 32.2. The van der Waals surface area contributed by atoms with Crippen molar-refractivity contribution >= 4 is 27.3 Å². The molecule has 0 spiro atoms.